The molecule has 98 valence electrons. The van der Waals surface area contributed by atoms with Crippen LogP contribution >= 0.6 is 22.6 Å². The molecule has 1 N–H and O–H groups in total. The van der Waals surface area contributed by atoms with E-state index < -0.39 is 0 Å². The monoisotopic (exact) mass is 356 g/mol. The summed E-state index contributed by atoms with van der Waals surface area (Å²) in [5, 5.41) is 3.43. The van der Waals surface area contributed by atoms with Gasteiger partial charge in [-0.2, -0.15) is 0 Å². The van der Waals surface area contributed by atoms with Crippen LogP contribution in [0.15, 0.2) is 36.9 Å². The number of nitrogens with zero attached hydrogens (tertiary/aromatic N) is 1. The highest BCUT2D eigenvalue weighted by Crippen LogP contribution is 2.27. The van der Waals surface area contributed by atoms with Gasteiger partial charge in [0, 0.05) is 35.8 Å². The Bertz CT molecular complexity index is 386. The van der Waals surface area contributed by atoms with Crippen molar-refractivity contribution in [2.45, 2.75) is 18.9 Å². The van der Waals surface area contributed by atoms with Gasteiger partial charge in [-0.15, -0.1) is 6.58 Å². The Balaban J connectivity index is 2.15. The van der Waals surface area contributed by atoms with Crippen molar-refractivity contribution in [3.8, 4) is 0 Å². The quantitative estimate of drug-likeness (QED) is 0.644. The van der Waals surface area contributed by atoms with Gasteiger partial charge in [-0.3, -0.25) is 4.90 Å². The standard InChI is InChI=1S/C15H21IN2/c1-2-3-7-15(18-10-8-17-9-11-18)13-5-4-6-14(16)12-13/h2,4-6,12,15,17H,1,3,7-11H2/t15-/m0/s1. The predicted molar refractivity (Wildman–Crippen MR) is 85.8 cm³/mol. The maximum absolute atomic E-state index is 3.86. The van der Waals surface area contributed by atoms with E-state index >= 15 is 0 Å². The molecule has 1 fully saturated rings. The maximum atomic E-state index is 3.86. The van der Waals surface area contributed by atoms with Crippen LogP contribution in [0.1, 0.15) is 24.4 Å². The van der Waals surface area contributed by atoms with Crippen molar-refractivity contribution < 1.29 is 0 Å². The summed E-state index contributed by atoms with van der Waals surface area (Å²) in [7, 11) is 0. The third-order valence-corrected chi connectivity index (χ3v) is 4.14. The Morgan fingerprint density at radius 1 is 1.39 bits per heavy atom. The van der Waals surface area contributed by atoms with Crippen LogP contribution in [0.4, 0.5) is 0 Å². The highest BCUT2D eigenvalue weighted by molar-refractivity contribution is 14.1. The number of hydrogen-bond acceptors (Lipinski definition) is 2. The van der Waals surface area contributed by atoms with Crippen molar-refractivity contribution in [1.82, 2.24) is 10.2 Å². The lowest BCUT2D eigenvalue weighted by Gasteiger charge is -2.35. The summed E-state index contributed by atoms with van der Waals surface area (Å²) >= 11 is 2.40. The van der Waals surface area contributed by atoms with Crippen molar-refractivity contribution in [2.24, 2.45) is 0 Å². The summed E-state index contributed by atoms with van der Waals surface area (Å²) in [5.74, 6) is 0. The summed E-state index contributed by atoms with van der Waals surface area (Å²) in [4.78, 5) is 2.60. The Morgan fingerprint density at radius 2 is 2.17 bits per heavy atom. The summed E-state index contributed by atoms with van der Waals surface area (Å²) in [5.41, 5.74) is 1.45. The van der Waals surface area contributed by atoms with Crippen molar-refractivity contribution in [3.05, 3.63) is 46.1 Å². The number of piperazine rings is 1. The van der Waals surface area contributed by atoms with Gasteiger partial charge in [0.1, 0.15) is 0 Å². The van der Waals surface area contributed by atoms with Crippen LogP contribution in [0.2, 0.25) is 0 Å². The van der Waals surface area contributed by atoms with Gasteiger partial charge in [-0.1, -0.05) is 18.2 Å². The zero-order valence-electron chi connectivity index (χ0n) is 10.7. The molecule has 0 amide bonds. The number of rotatable bonds is 5. The van der Waals surface area contributed by atoms with E-state index in [9.17, 15) is 0 Å². The predicted octanol–water partition coefficient (Wildman–Crippen LogP) is 3.20. The molecule has 1 aromatic rings. The first-order valence-electron chi connectivity index (χ1n) is 6.62. The molecule has 3 heteroatoms. The second-order valence-corrected chi connectivity index (χ2v) is 5.97. The minimum atomic E-state index is 0.541. The Kier molecular flexibility index (Phi) is 5.66. The van der Waals surface area contributed by atoms with Gasteiger partial charge in [-0.05, 0) is 53.1 Å². The van der Waals surface area contributed by atoms with Crippen LogP contribution in [-0.2, 0) is 0 Å². The lowest BCUT2D eigenvalue weighted by atomic mass is 9.99. The van der Waals surface area contributed by atoms with E-state index in [1.54, 1.807) is 0 Å². The molecule has 0 aromatic heterocycles. The van der Waals surface area contributed by atoms with Crippen LogP contribution in [0, 0.1) is 3.57 Å². The summed E-state index contributed by atoms with van der Waals surface area (Å²) in [6.45, 7) is 8.36. The number of allylic oxidation sites excluding steroid dienone is 1. The topological polar surface area (TPSA) is 15.3 Å². The van der Waals surface area contributed by atoms with E-state index in [0.29, 0.717) is 6.04 Å². The zero-order valence-corrected chi connectivity index (χ0v) is 12.9. The molecule has 1 aliphatic rings. The molecule has 1 saturated heterocycles. The molecule has 0 spiro atoms. The molecule has 1 aromatic carbocycles. The largest absolute Gasteiger partial charge is 0.314 e. The molecular weight excluding hydrogens is 335 g/mol. The van der Waals surface area contributed by atoms with E-state index in [1.165, 1.54) is 15.6 Å². The molecule has 0 radical (unpaired) electrons. The fourth-order valence-electron chi connectivity index (χ4n) is 2.54. The molecular formula is C15H21IN2. The van der Waals surface area contributed by atoms with Crippen molar-refractivity contribution in [1.29, 1.82) is 0 Å². The average Bonchev–Trinajstić information content (AvgIpc) is 2.40. The molecule has 1 aliphatic heterocycles. The smallest absolute Gasteiger partial charge is 0.0352 e. The third kappa shape index (κ3) is 3.80. The first-order chi connectivity index (χ1) is 8.81. The minimum Gasteiger partial charge on any atom is -0.314 e. The van der Waals surface area contributed by atoms with Crippen LogP contribution in [0.25, 0.3) is 0 Å². The minimum absolute atomic E-state index is 0.541. The lowest BCUT2D eigenvalue weighted by Crippen LogP contribution is -2.45. The second-order valence-electron chi connectivity index (χ2n) is 4.72. The van der Waals surface area contributed by atoms with Crippen LogP contribution in [0.5, 0.6) is 0 Å². The molecule has 18 heavy (non-hydrogen) atoms. The van der Waals surface area contributed by atoms with Gasteiger partial charge >= 0.3 is 0 Å². The van der Waals surface area contributed by atoms with Crippen molar-refractivity contribution in [2.75, 3.05) is 26.2 Å². The molecule has 0 bridgehead atoms. The SMILES string of the molecule is C=CCC[C@@H](c1cccc(I)c1)N1CCNCC1. The number of nitrogens with one attached hydrogen (secondary N) is 1. The normalized spacial score (nSPS) is 18.5. The van der Waals surface area contributed by atoms with Crippen LogP contribution in [-0.4, -0.2) is 31.1 Å². The number of benzene rings is 1. The molecule has 0 unspecified atom stereocenters. The lowest BCUT2D eigenvalue weighted by molar-refractivity contribution is 0.166. The maximum Gasteiger partial charge on any atom is 0.0352 e. The van der Waals surface area contributed by atoms with Crippen molar-refractivity contribution in [3.63, 3.8) is 0 Å². The Labute approximate surface area is 124 Å². The van der Waals surface area contributed by atoms with E-state index in [1.807, 2.05) is 6.08 Å². The number of hydrogen-bond donors (Lipinski definition) is 1. The summed E-state index contributed by atoms with van der Waals surface area (Å²) in [6, 6.07) is 9.45. The third-order valence-electron chi connectivity index (χ3n) is 3.47. The Hall–Kier alpha value is -0.390. The highest BCUT2D eigenvalue weighted by Gasteiger charge is 2.21. The molecule has 0 saturated carbocycles. The first kappa shape index (κ1) is 14.0. The first-order valence-corrected chi connectivity index (χ1v) is 7.70. The van der Waals surface area contributed by atoms with E-state index in [0.717, 1.165) is 32.6 Å². The summed E-state index contributed by atoms with van der Waals surface area (Å²) < 4.78 is 1.32. The van der Waals surface area contributed by atoms with Gasteiger partial charge < -0.3 is 5.32 Å². The molecule has 2 nitrogen and oxygen atoms in total. The molecule has 0 aliphatic carbocycles. The van der Waals surface area contributed by atoms with Gasteiger partial charge in [-0.25, -0.2) is 0 Å². The van der Waals surface area contributed by atoms with Gasteiger partial charge in [0.05, 0.1) is 0 Å². The molecule has 1 heterocycles. The van der Waals surface area contributed by atoms with Crippen LogP contribution < -0.4 is 5.32 Å². The van der Waals surface area contributed by atoms with Crippen LogP contribution in [0.3, 0.4) is 0 Å². The average molecular weight is 356 g/mol. The van der Waals surface area contributed by atoms with E-state index in [2.05, 4.69) is 63.7 Å². The summed E-state index contributed by atoms with van der Waals surface area (Å²) in [6.07, 6.45) is 4.28. The van der Waals surface area contributed by atoms with Gasteiger partial charge in [0.25, 0.3) is 0 Å². The zero-order chi connectivity index (χ0) is 12.8. The molecule has 2 rings (SSSR count). The Morgan fingerprint density at radius 3 is 2.83 bits per heavy atom. The van der Waals surface area contributed by atoms with Crippen molar-refractivity contribution >= 4 is 22.6 Å². The van der Waals surface area contributed by atoms with Gasteiger partial charge in [0.15, 0.2) is 0 Å². The molecule has 1 atom stereocenters. The van der Waals surface area contributed by atoms with Gasteiger partial charge in [0.2, 0.25) is 0 Å². The second kappa shape index (κ2) is 7.26. The highest BCUT2D eigenvalue weighted by atomic mass is 127. The number of halogens is 1. The van der Waals surface area contributed by atoms with E-state index in [4.69, 9.17) is 0 Å². The van der Waals surface area contributed by atoms with E-state index in [-0.39, 0.29) is 0 Å². The fourth-order valence-corrected chi connectivity index (χ4v) is 3.11. The fraction of sp³-hybridized carbons (Fsp3) is 0.467.